The molecule has 0 bridgehead atoms. The van der Waals surface area contributed by atoms with E-state index in [1.54, 1.807) is 6.07 Å². The number of piperidine rings is 1. The molecule has 34 heavy (non-hydrogen) atoms. The Morgan fingerprint density at radius 3 is 2.35 bits per heavy atom. The number of amides is 1. The molecule has 0 aliphatic carbocycles. The molecule has 0 unspecified atom stereocenters. The second-order valence-electron chi connectivity index (χ2n) is 8.48. The van der Waals surface area contributed by atoms with Gasteiger partial charge in [0.15, 0.2) is 0 Å². The number of carboxylic acids is 1. The Labute approximate surface area is 203 Å². The summed E-state index contributed by atoms with van der Waals surface area (Å²) >= 11 is 1.34. The van der Waals surface area contributed by atoms with Crippen molar-refractivity contribution in [3.8, 4) is 11.5 Å². The lowest BCUT2D eigenvalue weighted by Crippen LogP contribution is -2.45. The van der Waals surface area contributed by atoms with Crippen LogP contribution in [0.2, 0.25) is 0 Å². The van der Waals surface area contributed by atoms with Gasteiger partial charge in [0.1, 0.15) is 16.4 Å². The van der Waals surface area contributed by atoms with Crippen molar-refractivity contribution < 1.29 is 19.4 Å². The van der Waals surface area contributed by atoms with Gasteiger partial charge < -0.3 is 15.2 Å². The number of aromatic carboxylic acids is 1. The largest absolute Gasteiger partial charge is 0.477 e. The van der Waals surface area contributed by atoms with Crippen LogP contribution in [-0.2, 0) is 11.3 Å². The zero-order valence-corrected chi connectivity index (χ0v) is 20.0. The predicted molar refractivity (Wildman–Crippen MR) is 134 cm³/mol. The number of rotatable bonds is 9. The monoisotopic (exact) mass is 479 g/mol. The SMILES string of the molecule is CN(CC(=O)Nc1ccc(Oc2ccccc2)cc1)C1CCN(Cc2ccc(C(=O)O)s2)CC1. The minimum atomic E-state index is -0.869. The molecule has 0 atom stereocenters. The Bertz CT molecular complexity index is 1090. The zero-order chi connectivity index (χ0) is 23.9. The molecule has 0 spiro atoms. The number of nitrogens with zero attached hydrogens (tertiary/aromatic N) is 2. The molecule has 8 heteroatoms. The van der Waals surface area contributed by atoms with E-state index in [0.717, 1.165) is 54.5 Å². The molecule has 1 aliphatic rings. The molecule has 2 aromatic carbocycles. The number of nitrogens with one attached hydrogen (secondary N) is 1. The van der Waals surface area contributed by atoms with Crippen LogP contribution in [0, 0.1) is 0 Å². The van der Waals surface area contributed by atoms with Crippen molar-refractivity contribution in [2.24, 2.45) is 0 Å². The van der Waals surface area contributed by atoms with Crippen LogP contribution in [0.25, 0.3) is 0 Å². The third kappa shape index (κ3) is 6.66. The van der Waals surface area contributed by atoms with E-state index in [1.165, 1.54) is 11.3 Å². The predicted octanol–water partition coefficient (Wildman–Crippen LogP) is 4.77. The van der Waals surface area contributed by atoms with Crippen LogP contribution in [-0.4, -0.2) is 59.5 Å². The second kappa shape index (κ2) is 11.3. The van der Waals surface area contributed by atoms with Crippen molar-refractivity contribution in [3.63, 3.8) is 0 Å². The molecule has 1 aromatic heterocycles. The van der Waals surface area contributed by atoms with E-state index in [2.05, 4.69) is 15.1 Å². The fourth-order valence-electron chi connectivity index (χ4n) is 4.10. The van der Waals surface area contributed by atoms with Crippen molar-refractivity contribution in [1.29, 1.82) is 0 Å². The molecule has 0 saturated carbocycles. The Balaban J connectivity index is 1.20. The highest BCUT2D eigenvalue weighted by Gasteiger charge is 2.24. The first kappa shape index (κ1) is 23.9. The van der Waals surface area contributed by atoms with Crippen LogP contribution < -0.4 is 10.1 Å². The Morgan fingerprint density at radius 1 is 1.03 bits per heavy atom. The van der Waals surface area contributed by atoms with E-state index in [-0.39, 0.29) is 5.91 Å². The number of hydrogen-bond donors (Lipinski definition) is 2. The number of carbonyl (C=O) groups excluding carboxylic acids is 1. The topological polar surface area (TPSA) is 82.1 Å². The molecule has 1 amide bonds. The Hall–Kier alpha value is -3.20. The smallest absolute Gasteiger partial charge is 0.345 e. The van der Waals surface area contributed by atoms with E-state index in [4.69, 9.17) is 9.84 Å². The first-order chi connectivity index (χ1) is 16.5. The highest BCUT2D eigenvalue weighted by atomic mass is 32.1. The van der Waals surface area contributed by atoms with Gasteiger partial charge in [-0.3, -0.25) is 14.6 Å². The summed E-state index contributed by atoms with van der Waals surface area (Å²) in [6, 6.07) is 20.9. The molecule has 2 N–H and O–H groups in total. The Morgan fingerprint density at radius 2 is 1.71 bits per heavy atom. The molecule has 0 radical (unpaired) electrons. The van der Waals surface area contributed by atoms with Gasteiger partial charge in [0, 0.05) is 36.2 Å². The lowest BCUT2D eigenvalue weighted by molar-refractivity contribution is -0.117. The summed E-state index contributed by atoms with van der Waals surface area (Å²) in [7, 11) is 2.00. The number of thiophene rings is 1. The number of carboxylic acid groups (broad SMARTS) is 1. The average molecular weight is 480 g/mol. The lowest BCUT2D eigenvalue weighted by atomic mass is 10.0. The number of anilines is 1. The van der Waals surface area contributed by atoms with Crippen LogP contribution in [0.1, 0.15) is 27.4 Å². The fraction of sp³-hybridized carbons (Fsp3) is 0.308. The van der Waals surface area contributed by atoms with E-state index >= 15 is 0 Å². The number of benzene rings is 2. The quantitative estimate of drug-likeness (QED) is 0.460. The summed E-state index contributed by atoms with van der Waals surface area (Å²) in [6.07, 6.45) is 1.96. The molecular weight excluding hydrogens is 450 g/mol. The van der Waals surface area contributed by atoms with Crippen LogP contribution in [0.15, 0.2) is 66.7 Å². The highest BCUT2D eigenvalue weighted by molar-refractivity contribution is 7.13. The molecule has 4 rings (SSSR count). The number of ether oxygens (including phenoxy) is 1. The maximum atomic E-state index is 12.6. The third-order valence-corrected chi connectivity index (χ3v) is 7.00. The van der Waals surface area contributed by atoms with Gasteiger partial charge in [0.2, 0.25) is 5.91 Å². The second-order valence-corrected chi connectivity index (χ2v) is 9.65. The fourth-order valence-corrected chi connectivity index (χ4v) is 4.99. The van der Waals surface area contributed by atoms with E-state index in [1.807, 2.05) is 67.7 Å². The average Bonchev–Trinajstić information content (AvgIpc) is 3.30. The summed E-state index contributed by atoms with van der Waals surface area (Å²) in [4.78, 5) is 29.5. The summed E-state index contributed by atoms with van der Waals surface area (Å²) in [5, 5.41) is 12.0. The number of carbonyl (C=O) groups is 2. The number of likely N-dealkylation sites (N-methyl/N-ethyl adjacent to an activating group) is 1. The summed E-state index contributed by atoms with van der Waals surface area (Å²) < 4.78 is 5.79. The van der Waals surface area contributed by atoms with Gasteiger partial charge in [-0.1, -0.05) is 18.2 Å². The number of likely N-dealkylation sites (tertiary alicyclic amines) is 1. The van der Waals surface area contributed by atoms with Gasteiger partial charge in [-0.2, -0.15) is 0 Å². The summed E-state index contributed by atoms with van der Waals surface area (Å²) in [6.45, 7) is 2.97. The van der Waals surface area contributed by atoms with Crippen LogP contribution in [0.5, 0.6) is 11.5 Å². The van der Waals surface area contributed by atoms with Crippen LogP contribution in [0.4, 0.5) is 5.69 Å². The van der Waals surface area contributed by atoms with Crippen LogP contribution >= 0.6 is 11.3 Å². The van der Waals surface area contributed by atoms with Crippen LogP contribution in [0.3, 0.4) is 0 Å². The maximum Gasteiger partial charge on any atom is 0.345 e. The van der Waals surface area contributed by atoms with Gasteiger partial charge >= 0.3 is 5.97 Å². The zero-order valence-electron chi connectivity index (χ0n) is 19.1. The van der Waals surface area contributed by atoms with Gasteiger partial charge in [-0.25, -0.2) is 4.79 Å². The van der Waals surface area contributed by atoms with E-state index < -0.39 is 5.97 Å². The molecule has 3 aromatic rings. The molecular formula is C26H29N3O4S. The molecule has 1 saturated heterocycles. The van der Waals surface area contributed by atoms with Crippen molar-refractivity contribution in [2.45, 2.75) is 25.4 Å². The highest BCUT2D eigenvalue weighted by Crippen LogP contribution is 2.24. The molecule has 1 fully saturated rings. The van der Waals surface area contributed by atoms with Crippen molar-refractivity contribution >= 4 is 28.9 Å². The first-order valence-electron chi connectivity index (χ1n) is 11.3. The molecule has 1 aliphatic heterocycles. The summed E-state index contributed by atoms with van der Waals surface area (Å²) in [5.41, 5.74) is 0.741. The van der Waals surface area contributed by atoms with Crippen molar-refractivity contribution in [1.82, 2.24) is 9.80 Å². The number of para-hydroxylation sites is 1. The van der Waals surface area contributed by atoms with Gasteiger partial charge in [0.25, 0.3) is 0 Å². The van der Waals surface area contributed by atoms with Gasteiger partial charge in [0.05, 0.1) is 6.54 Å². The van der Waals surface area contributed by atoms with Crippen molar-refractivity contribution in [2.75, 3.05) is 32.0 Å². The summed E-state index contributed by atoms with van der Waals surface area (Å²) in [5.74, 6) is 0.579. The maximum absolute atomic E-state index is 12.6. The van der Waals surface area contributed by atoms with E-state index in [0.29, 0.717) is 17.5 Å². The standard InChI is InChI=1S/C26H29N3O4S/c1-28(20-13-15-29(16-14-20)17-23-11-12-24(34-23)26(31)32)18-25(30)27-19-7-9-22(10-8-19)33-21-5-3-2-4-6-21/h2-12,20H,13-18H2,1H3,(H,27,30)(H,31,32). The Kier molecular flexibility index (Phi) is 7.95. The first-order valence-corrected chi connectivity index (χ1v) is 12.2. The third-order valence-electron chi connectivity index (χ3n) is 5.94. The van der Waals surface area contributed by atoms with E-state index in [9.17, 15) is 9.59 Å². The normalized spacial score (nSPS) is 14.8. The van der Waals surface area contributed by atoms with Gasteiger partial charge in [-0.05, 0) is 68.4 Å². The minimum absolute atomic E-state index is 0.0403. The van der Waals surface area contributed by atoms with Gasteiger partial charge in [-0.15, -0.1) is 11.3 Å². The minimum Gasteiger partial charge on any atom is -0.477 e. The number of hydrogen-bond acceptors (Lipinski definition) is 6. The molecule has 2 heterocycles. The van der Waals surface area contributed by atoms with Crippen molar-refractivity contribution in [3.05, 3.63) is 76.5 Å². The molecule has 178 valence electrons. The lowest BCUT2D eigenvalue weighted by Gasteiger charge is -2.36. The molecule has 7 nitrogen and oxygen atoms in total.